The van der Waals surface area contributed by atoms with Gasteiger partial charge in [0.05, 0.1) is 24.8 Å². The molecule has 118 valence electrons. The number of tetrazole rings is 1. The van der Waals surface area contributed by atoms with Gasteiger partial charge in [0.1, 0.15) is 0 Å². The van der Waals surface area contributed by atoms with Crippen LogP contribution in [0.15, 0.2) is 30.3 Å². The molecule has 1 aliphatic rings. The summed E-state index contributed by atoms with van der Waals surface area (Å²) in [5, 5.41) is 12.5. The Labute approximate surface area is 131 Å². The number of hydrogen-bond donors (Lipinski definition) is 0. The molecule has 0 N–H and O–H groups in total. The van der Waals surface area contributed by atoms with Crippen LogP contribution in [0.5, 0.6) is 0 Å². The predicted molar refractivity (Wildman–Crippen MR) is 83.5 cm³/mol. The van der Waals surface area contributed by atoms with Gasteiger partial charge in [0.25, 0.3) is 0 Å². The molecule has 1 aromatic carbocycles. The van der Waals surface area contributed by atoms with Crippen LogP contribution in [-0.2, 0) is 10.3 Å². The summed E-state index contributed by atoms with van der Waals surface area (Å²) in [6, 6.07) is 10.5. The monoisotopic (exact) mass is 301 g/mol. The quantitative estimate of drug-likeness (QED) is 0.866. The lowest BCUT2D eigenvalue weighted by molar-refractivity contribution is 0.0208. The summed E-state index contributed by atoms with van der Waals surface area (Å²) in [5.41, 5.74) is 1.06. The largest absolute Gasteiger partial charge is 0.379 e. The van der Waals surface area contributed by atoms with Crippen molar-refractivity contribution in [3.63, 3.8) is 0 Å². The van der Waals surface area contributed by atoms with Crippen LogP contribution in [0.1, 0.15) is 38.2 Å². The number of morpholine rings is 1. The van der Waals surface area contributed by atoms with Gasteiger partial charge in [-0.1, -0.05) is 30.3 Å². The molecule has 0 saturated carbocycles. The highest BCUT2D eigenvalue weighted by atomic mass is 16.5. The first-order chi connectivity index (χ1) is 10.6. The lowest BCUT2D eigenvalue weighted by atomic mass is 10.0. The Balaban J connectivity index is 2.04. The molecular formula is C16H23N5O. The van der Waals surface area contributed by atoms with E-state index in [2.05, 4.69) is 65.5 Å². The van der Waals surface area contributed by atoms with Gasteiger partial charge in [0.15, 0.2) is 5.82 Å². The number of nitrogens with zero attached hydrogens (tertiary/aromatic N) is 5. The van der Waals surface area contributed by atoms with Crippen molar-refractivity contribution in [3.05, 3.63) is 41.7 Å². The fourth-order valence-electron chi connectivity index (χ4n) is 2.84. The number of benzene rings is 1. The Morgan fingerprint density at radius 1 is 1.09 bits per heavy atom. The van der Waals surface area contributed by atoms with Gasteiger partial charge in [-0.3, -0.25) is 4.90 Å². The molecule has 6 nitrogen and oxygen atoms in total. The third-order valence-corrected chi connectivity index (χ3v) is 3.90. The van der Waals surface area contributed by atoms with Gasteiger partial charge in [-0.15, -0.1) is 5.10 Å². The van der Waals surface area contributed by atoms with Crippen LogP contribution in [0.2, 0.25) is 0 Å². The summed E-state index contributed by atoms with van der Waals surface area (Å²) in [4.78, 5) is 2.40. The molecule has 2 heterocycles. The summed E-state index contributed by atoms with van der Waals surface area (Å²) < 4.78 is 7.43. The maximum atomic E-state index is 5.50. The van der Waals surface area contributed by atoms with Gasteiger partial charge in [0.2, 0.25) is 0 Å². The summed E-state index contributed by atoms with van der Waals surface area (Å²) in [5.74, 6) is 0.889. The number of ether oxygens (including phenoxy) is 1. The van der Waals surface area contributed by atoms with E-state index in [0.717, 1.165) is 32.1 Å². The van der Waals surface area contributed by atoms with Crippen molar-refractivity contribution in [2.45, 2.75) is 32.4 Å². The predicted octanol–water partition coefficient (Wildman–Crippen LogP) is 1.85. The van der Waals surface area contributed by atoms with Crippen LogP contribution in [0.4, 0.5) is 0 Å². The van der Waals surface area contributed by atoms with Crippen LogP contribution < -0.4 is 0 Å². The van der Waals surface area contributed by atoms with Gasteiger partial charge in [-0.2, -0.15) is 0 Å². The van der Waals surface area contributed by atoms with Crippen molar-refractivity contribution in [2.24, 2.45) is 0 Å². The van der Waals surface area contributed by atoms with E-state index in [9.17, 15) is 0 Å². The normalized spacial score (nSPS) is 18.3. The minimum absolute atomic E-state index is 0.0549. The minimum atomic E-state index is -0.155. The molecule has 1 saturated heterocycles. The number of rotatable bonds is 3. The first-order valence-electron chi connectivity index (χ1n) is 7.73. The Morgan fingerprint density at radius 2 is 1.77 bits per heavy atom. The Kier molecular flexibility index (Phi) is 4.22. The SMILES string of the molecule is CC(C)(C)n1nnnc1[C@H](c1ccccc1)N1CCOCC1. The average Bonchev–Trinajstić information content (AvgIpc) is 2.99. The van der Waals surface area contributed by atoms with E-state index in [4.69, 9.17) is 4.74 Å². The molecule has 0 bridgehead atoms. The highest BCUT2D eigenvalue weighted by Crippen LogP contribution is 2.29. The zero-order valence-electron chi connectivity index (χ0n) is 13.4. The second kappa shape index (κ2) is 6.14. The summed E-state index contributed by atoms with van der Waals surface area (Å²) in [6.45, 7) is 9.63. The second-order valence-corrected chi connectivity index (χ2v) is 6.58. The zero-order valence-corrected chi connectivity index (χ0v) is 13.4. The summed E-state index contributed by atoms with van der Waals surface area (Å²) >= 11 is 0. The van der Waals surface area contributed by atoms with Crippen LogP contribution in [0.3, 0.4) is 0 Å². The fraction of sp³-hybridized carbons (Fsp3) is 0.562. The highest BCUT2D eigenvalue weighted by Gasteiger charge is 2.31. The van der Waals surface area contributed by atoms with Crippen molar-refractivity contribution < 1.29 is 4.74 Å². The van der Waals surface area contributed by atoms with Gasteiger partial charge in [-0.05, 0) is 36.8 Å². The minimum Gasteiger partial charge on any atom is -0.379 e. The van der Waals surface area contributed by atoms with E-state index in [1.165, 1.54) is 5.56 Å². The maximum Gasteiger partial charge on any atom is 0.173 e. The van der Waals surface area contributed by atoms with Crippen molar-refractivity contribution in [1.82, 2.24) is 25.1 Å². The number of aromatic nitrogens is 4. The van der Waals surface area contributed by atoms with E-state index >= 15 is 0 Å². The van der Waals surface area contributed by atoms with Gasteiger partial charge >= 0.3 is 0 Å². The standard InChI is InChI=1S/C16H23N5O/c1-16(2,3)21-15(17-18-19-21)14(13-7-5-4-6-8-13)20-9-11-22-12-10-20/h4-8,14H,9-12H2,1-3H3/t14-/m0/s1. The van der Waals surface area contributed by atoms with Crippen LogP contribution in [-0.4, -0.2) is 51.4 Å². The lowest BCUT2D eigenvalue weighted by Crippen LogP contribution is -2.41. The molecule has 1 atom stereocenters. The van der Waals surface area contributed by atoms with Gasteiger partial charge in [-0.25, -0.2) is 4.68 Å². The molecular weight excluding hydrogens is 278 g/mol. The smallest absolute Gasteiger partial charge is 0.173 e. The molecule has 0 spiro atoms. The molecule has 3 rings (SSSR count). The third kappa shape index (κ3) is 3.03. The molecule has 1 fully saturated rings. The van der Waals surface area contributed by atoms with Crippen molar-refractivity contribution in [2.75, 3.05) is 26.3 Å². The fourth-order valence-corrected chi connectivity index (χ4v) is 2.84. The zero-order chi connectivity index (χ0) is 15.6. The van der Waals surface area contributed by atoms with Crippen LogP contribution >= 0.6 is 0 Å². The first kappa shape index (κ1) is 15.1. The van der Waals surface area contributed by atoms with E-state index < -0.39 is 0 Å². The molecule has 0 radical (unpaired) electrons. The second-order valence-electron chi connectivity index (χ2n) is 6.58. The third-order valence-electron chi connectivity index (χ3n) is 3.90. The molecule has 0 amide bonds. The van der Waals surface area contributed by atoms with Gasteiger partial charge < -0.3 is 4.74 Å². The molecule has 1 aliphatic heterocycles. The van der Waals surface area contributed by atoms with Crippen molar-refractivity contribution in [3.8, 4) is 0 Å². The number of hydrogen-bond acceptors (Lipinski definition) is 5. The molecule has 22 heavy (non-hydrogen) atoms. The molecule has 0 unspecified atom stereocenters. The maximum absolute atomic E-state index is 5.50. The average molecular weight is 301 g/mol. The Bertz CT molecular complexity index is 598. The molecule has 2 aromatic rings. The van der Waals surface area contributed by atoms with Gasteiger partial charge in [0, 0.05) is 13.1 Å². The summed E-state index contributed by atoms with van der Waals surface area (Å²) in [6.07, 6.45) is 0. The highest BCUT2D eigenvalue weighted by molar-refractivity contribution is 5.25. The molecule has 0 aliphatic carbocycles. The van der Waals surface area contributed by atoms with Crippen LogP contribution in [0, 0.1) is 0 Å². The molecule has 1 aromatic heterocycles. The van der Waals surface area contributed by atoms with Crippen molar-refractivity contribution >= 4 is 0 Å². The van der Waals surface area contributed by atoms with E-state index in [0.29, 0.717) is 0 Å². The van der Waals surface area contributed by atoms with E-state index in [-0.39, 0.29) is 11.6 Å². The van der Waals surface area contributed by atoms with Crippen molar-refractivity contribution in [1.29, 1.82) is 0 Å². The van der Waals surface area contributed by atoms with E-state index in [1.807, 2.05) is 10.7 Å². The lowest BCUT2D eigenvalue weighted by Gasteiger charge is -2.35. The Morgan fingerprint density at radius 3 is 2.41 bits per heavy atom. The van der Waals surface area contributed by atoms with Crippen LogP contribution in [0.25, 0.3) is 0 Å². The van der Waals surface area contributed by atoms with E-state index in [1.54, 1.807) is 0 Å². The molecule has 6 heteroatoms. The topological polar surface area (TPSA) is 56.1 Å². The Hall–Kier alpha value is -1.79. The first-order valence-corrected chi connectivity index (χ1v) is 7.73. The summed E-state index contributed by atoms with van der Waals surface area (Å²) in [7, 11) is 0.